The summed E-state index contributed by atoms with van der Waals surface area (Å²) >= 11 is 0. The van der Waals surface area contributed by atoms with Crippen LogP contribution in [0.5, 0.6) is 11.5 Å². The third-order valence-corrected chi connectivity index (χ3v) is 4.23. The van der Waals surface area contributed by atoms with Crippen molar-refractivity contribution < 1.29 is 9.47 Å². The second-order valence-electron chi connectivity index (χ2n) is 5.54. The average molecular weight is 285 g/mol. The summed E-state index contributed by atoms with van der Waals surface area (Å²) in [6.07, 6.45) is 6.04. The smallest absolute Gasteiger partial charge is 0.166 e. The Balaban J connectivity index is 1.62. The molecule has 4 rings (SSSR count). The molecule has 0 unspecified atom stereocenters. The van der Waals surface area contributed by atoms with Gasteiger partial charge in [0, 0.05) is 24.0 Å². The van der Waals surface area contributed by atoms with Gasteiger partial charge in [0.1, 0.15) is 19.0 Å². The lowest BCUT2D eigenvalue weighted by atomic mass is 10.0. The second-order valence-corrected chi connectivity index (χ2v) is 5.54. The molecule has 1 fully saturated rings. The van der Waals surface area contributed by atoms with E-state index in [0.29, 0.717) is 19.3 Å². The van der Waals surface area contributed by atoms with Crippen LogP contribution in [0.15, 0.2) is 30.6 Å². The van der Waals surface area contributed by atoms with Gasteiger partial charge >= 0.3 is 0 Å². The monoisotopic (exact) mass is 285 g/mol. The maximum atomic E-state index is 5.88. The van der Waals surface area contributed by atoms with Crippen LogP contribution in [0, 0.1) is 0 Å². The van der Waals surface area contributed by atoms with Crippen LogP contribution in [0.3, 0.4) is 0 Å². The standard InChI is InChI=1S/C16H19N3O2/c1-3-12(16-14(5-1)20-9-10-21-16)13-4-2-8-19(13)11-15-17-6-7-18-15/h1,3,5-7,13H,2,4,8-11H2,(H,17,18)/t13-/m1/s1. The fraction of sp³-hybridized carbons (Fsp3) is 0.438. The van der Waals surface area contributed by atoms with Crippen molar-refractivity contribution in [1.29, 1.82) is 0 Å². The number of fused-ring (bicyclic) bond motifs is 1. The lowest BCUT2D eigenvalue weighted by Gasteiger charge is -2.28. The number of hydrogen-bond donors (Lipinski definition) is 1. The van der Waals surface area contributed by atoms with Gasteiger partial charge in [0.2, 0.25) is 0 Å². The highest BCUT2D eigenvalue weighted by Crippen LogP contribution is 2.42. The van der Waals surface area contributed by atoms with Crippen molar-refractivity contribution in [3.05, 3.63) is 42.0 Å². The van der Waals surface area contributed by atoms with E-state index in [0.717, 1.165) is 36.8 Å². The number of imidazole rings is 1. The van der Waals surface area contributed by atoms with Gasteiger partial charge in [0.05, 0.1) is 6.54 Å². The molecule has 0 saturated carbocycles. The molecule has 1 atom stereocenters. The molecule has 0 aliphatic carbocycles. The van der Waals surface area contributed by atoms with Crippen LogP contribution in [-0.4, -0.2) is 34.6 Å². The minimum Gasteiger partial charge on any atom is -0.486 e. The van der Waals surface area contributed by atoms with Crippen molar-refractivity contribution in [2.75, 3.05) is 19.8 Å². The van der Waals surface area contributed by atoms with Gasteiger partial charge in [-0.1, -0.05) is 12.1 Å². The molecule has 3 heterocycles. The molecule has 5 heteroatoms. The Kier molecular flexibility index (Phi) is 3.27. The van der Waals surface area contributed by atoms with Crippen molar-refractivity contribution in [1.82, 2.24) is 14.9 Å². The zero-order valence-electron chi connectivity index (χ0n) is 11.9. The van der Waals surface area contributed by atoms with E-state index < -0.39 is 0 Å². The molecule has 0 bridgehead atoms. The molecule has 1 N–H and O–H groups in total. The van der Waals surface area contributed by atoms with Crippen molar-refractivity contribution >= 4 is 0 Å². The Morgan fingerprint density at radius 2 is 2.24 bits per heavy atom. The van der Waals surface area contributed by atoms with E-state index in [2.05, 4.69) is 27.0 Å². The molecule has 0 amide bonds. The van der Waals surface area contributed by atoms with Crippen LogP contribution in [0.4, 0.5) is 0 Å². The number of benzene rings is 1. The Morgan fingerprint density at radius 1 is 1.29 bits per heavy atom. The first-order chi connectivity index (χ1) is 10.4. The minimum atomic E-state index is 0.381. The first kappa shape index (κ1) is 12.7. The Bertz CT molecular complexity index is 612. The molecule has 5 nitrogen and oxygen atoms in total. The van der Waals surface area contributed by atoms with Gasteiger partial charge in [-0.05, 0) is 25.5 Å². The molecule has 2 aliphatic rings. The van der Waals surface area contributed by atoms with E-state index in [1.54, 1.807) is 0 Å². The molecule has 0 spiro atoms. The molecule has 0 radical (unpaired) electrons. The summed E-state index contributed by atoms with van der Waals surface area (Å²) in [6, 6.07) is 6.60. The summed E-state index contributed by atoms with van der Waals surface area (Å²) in [5.41, 5.74) is 1.25. The van der Waals surface area contributed by atoms with Crippen LogP contribution in [0.1, 0.15) is 30.3 Å². The zero-order chi connectivity index (χ0) is 14.1. The molecular formula is C16H19N3O2. The van der Waals surface area contributed by atoms with Crippen LogP contribution < -0.4 is 9.47 Å². The van der Waals surface area contributed by atoms with Crippen LogP contribution in [-0.2, 0) is 6.54 Å². The summed E-state index contributed by atoms with van der Waals surface area (Å²) in [7, 11) is 0. The highest BCUT2D eigenvalue weighted by molar-refractivity contribution is 5.49. The molecule has 1 aromatic heterocycles. The normalized spacial score (nSPS) is 21.6. The summed E-state index contributed by atoms with van der Waals surface area (Å²) in [5, 5.41) is 0. The molecule has 2 aromatic rings. The van der Waals surface area contributed by atoms with E-state index in [1.165, 1.54) is 12.0 Å². The Labute approximate surface area is 123 Å². The van der Waals surface area contributed by atoms with Crippen molar-refractivity contribution in [3.63, 3.8) is 0 Å². The van der Waals surface area contributed by atoms with E-state index in [4.69, 9.17) is 9.47 Å². The molecule has 1 aromatic carbocycles. The number of rotatable bonds is 3. The molecular weight excluding hydrogens is 266 g/mol. The lowest BCUT2D eigenvalue weighted by molar-refractivity contribution is 0.163. The summed E-state index contributed by atoms with van der Waals surface area (Å²) in [4.78, 5) is 10.00. The number of aromatic nitrogens is 2. The summed E-state index contributed by atoms with van der Waals surface area (Å²) in [5.74, 6) is 2.83. The van der Waals surface area contributed by atoms with Gasteiger partial charge in [-0.3, -0.25) is 4.90 Å². The predicted molar refractivity (Wildman–Crippen MR) is 78.4 cm³/mol. The van der Waals surface area contributed by atoms with E-state index >= 15 is 0 Å². The Morgan fingerprint density at radius 3 is 3.14 bits per heavy atom. The van der Waals surface area contributed by atoms with Gasteiger partial charge in [0.25, 0.3) is 0 Å². The predicted octanol–water partition coefficient (Wildman–Crippen LogP) is 2.52. The van der Waals surface area contributed by atoms with Crippen LogP contribution >= 0.6 is 0 Å². The van der Waals surface area contributed by atoms with Gasteiger partial charge < -0.3 is 14.5 Å². The number of aromatic amines is 1. The minimum absolute atomic E-state index is 0.381. The van der Waals surface area contributed by atoms with Gasteiger partial charge in [-0.15, -0.1) is 0 Å². The number of para-hydroxylation sites is 1. The fourth-order valence-corrected chi connectivity index (χ4v) is 3.30. The second kappa shape index (κ2) is 5.41. The number of H-pyrrole nitrogens is 1. The third-order valence-electron chi connectivity index (χ3n) is 4.23. The quantitative estimate of drug-likeness (QED) is 0.941. The Hall–Kier alpha value is -2.01. The number of hydrogen-bond acceptors (Lipinski definition) is 4. The third kappa shape index (κ3) is 2.38. The average Bonchev–Trinajstić information content (AvgIpc) is 3.19. The number of likely N-dealkylation sites (tertiary alicyclic amines) is 1. The molecule has 21 heavy (non-hydrogen) atoms. The van der Waals surface area contributed by atoms with Crippen LogP contribution in [0.25, 0.3) is 0 Å². The largest absolute Gasteiger partial charge is 0.486 e. The maximum Gasteiger partial charge on any atom is 0.166 e. The van der Waals surface area contributed by atoms with E-state index in [-0.39, 0.29) is 0 Å². The number of nitrogens with zero attached hydrogens (tertiary/aromatic N) is 2. The molecule has 2 aliphatic heterocycles. The molecule has 110 valence electrons. The highest BCUT2D eigenvalue weighted by atomic mass is 16.6. The number of ether oxygens (including phenoxy) is 2. The van der Waals surface area contributed by atoms with Gasteiger partial charge in [0.15, 0.2) is 11.5 Å². The summed E-state index contributed by atoms with van der Waals surface area (Å²) in [6.45, 7) is 3.21. The fourth-order valence-electron chi connectivity index (χ4n) is 3.30. The topological polar surface area (TPSA) is 50.4 Å². The van der Waals surface area contributed by atoms with Crippen molar-refractivity contribution in [2.45, 2.75) is 25.4 Å². The van der Waals surface area contributed by atoms with Crippen molar-refractivity contribution in [2.24, 2.45) is 0 Å². The van der Waals surface area contributed by atoms with E-state index in [1.807, 2.05) is 18.5 Å². The first-order valence-corrected chi connectivity index (χ1v) is 7.52. The van der Waals surface area contributed by atoms with E-state index in [9.17, 15) is 0 Å². The SMILES string of the molecule is c1cc2c(c([C@H]3CCCN3Cc3ncc[nH]3)c1)OCCO2. The van der Waals surface area contributed by atoms with Gasteiger partial charge in [-0.25, -0.2) is 4.98 Å². The highest BCUT2D eigenvalue weighted by Gasteiger charge is 2.30. The van der Waals surface area contributed by atoms with Crippen molar-refractivity contribution in [3.8, 4) is 11.5 Å². The lowest BCUT2D eigenvalue weighted by Crippen LogP contribution is -2.25. The maximum absolute atomic E-state index is 5.88. The van der Waals surface area contributed by atoms with Gasteiger partial charge in [-0.2, -0.15) is 0 Å². The first-order valence-electron chi connectivity index (χ1n) is 7.52. The zero-order valence-corrected chi connectivity index (χ0v) is 11.9. The van der Waals surface area contributed by atoms with Crippen LogP contribution in [0.2, 0.25) is 0 Å². The summed E-state index contributed by atoms with van der Waals surface area (Å²) < 4.78 is 11.6. The molecule has 1 saturated heterocycles. The number of nitrogens with one attached hydrogen (secondary N) is 1.